The zero-order valence-electron chi connectivity index (χ0n) is 20.7. The predicted molar refractivity (Wildman–Crippen MR) is 142 cm³/mol. The van der Waals surface area contributed by atoms with E-state index >= 15 is 0 Å². The standard InChI is InChI=1S/C30H37N3O2/c1-2-3-4-5-6-7-10-23-13-15-24(16-14-23)22-35-26-19-29(33-21-26)30(34)31-18-17-25-20-32-28-12-9-8-11-27(25)28/h8-9,11-16,20,26,29,32-33H,2-6,17-19,21-22H2,1H3,(H,31,34)/t26-,29+/m1/s1. The van der Waals surface area contributed by atoms with Crippen LogP contribution in [0.2, 0.25) is 0 Å². The van der Waals surface area contributed by atoms with Crippen molar-refractivity contribution in [3.05, 3.63) is 71.4 Å². The number of rotatable bonds is 11. The summed E-state index contributed by atoms with van der Waals surface area (Å²) in [5.41, 5.74) is 4.54. The van der Waals surface area contributed by atoms with Crippen molar-refractivity contribution in [2.75, 3.05) is 13.1 Å². The molecule has 3 N–H and O–H groups in total. The maximum Gasteiger partial charge on any atom is 0.237 e. The lowest BCUT2D eigenvalue weighted by atomic mass is 10.1. The predicted octanol–water partition coefficient (Wildman–Crippen LogP) is 5.10. The Bertz CT molecular complexity index is 1140. The second kappa shape index (κ2) is 13.1. The van der Waals surface area contributed by atoms with Gasteiger partial charge in [-0.3, -0.25) is 4.79 Å². The number of aromatic amines is 1. The lowest BCUT2D eigenvalue weighted by molar-refractivity contribution is -0.123. The van der Waals surface area contributed by atoms with Crippen molar-refractivity contribution in [3.63, 3.8) is 0 Å². The number of para-hydroxylation sites is 1. The van der Waals surface area contributed by atoms with Gasteiger partial charge in [0.2, 0.25) is 5.91 Å². The number of fused-ring (bicyclic) bond motifs is 1. The van der Waals surface area contributed by atoms with Crippen molar-refractivity contribution < 1.29 is 9.53 Å². The van der Waals surface area contributed by atoms with Crippen LogP contribution in [0, 0.1) is 11.8 Å². The van der Waals surface area contributed by atoms with Crippen LogP contribution >= 0.6 is 0 Å². The minimum Gasteiger partial charge on any atom is -0.372 e. The van der Waals surface area contributed by atoms with Crippen molar-refractivity contribution in [2.45, 2.75) is 70.6 Å². The van der Waals surface area contributed by atoms with Gasteiger partial charge >= 0.3 is 0 Å². The molecule has 1 fully saturated rings. The summed E-state index contributed by atoms with van der Waals surface area (Å²) in [7, 11) is 0. The van der Waals surface area contributed by atoms with Crippen molar-refractivity contribution in [1.82, 2.24) is 15.6 Å². The fraction of sp³-hybridized carbons (Fsp3) is 0.433. The molecule has 2 aromatic carbocycles. The summed E-state index contributed by atoms with van der Waals surface area (Å²) in [4.78, 5) is 15.9. The molecule has 1 aliphatic rings. The molecular weight excluding hydrogens is 434 g/mol. The highest BCUT2D eigenvalue weighted by Crippen LogP contribution is 2.18. The van der Waals surface area contributed by atoms with Crippen LogP contribution in [0.15, 0.2) is 54.7 Å². The van der Waals surface area contributed by atoms with E-state index in [4.69, 9.17) is 4.74 Å². The SMILES string of the molecule is CCCCCCC#Cc1ccc(CO[C@H]2CN[C@H](C(=O)NCCc3c[nH]c4ccccc34)C2)cc1. The molecule has 0 unspecified atom stereocenters. The first-order valence-corrected chi connectivity index (χ1v) is 13.0. The minimum absolute atomic E-state index is 0.0435. The smallest absolute Gasteiger partial charge is 0.237 e. The normalized spacial score (nSPS) is 17.3. The van der Waals surface area contributed by atoms with Crippen molar-refractivity contribution in [2.24, 2.45) is 0 Å². The summed E-state index contributed by atoms with van der Waals surface area (Å²) in [5.74, 6) is 6.57. The molecule has 184 valence electrons. The van der Waals surface area contributed by atoms with Crippen molar-refractivity contribution in [1.29, 1.82) is 0 Å². The van der Waals surface area contributed by atoms with E-state index in [1.54, 1.807) is 0 Å². The van der Waals surface area contributed by atoms with Crippen LogP contribution in [-0.4, -0.2) is 36.1 Å². The van der Waals surface area contributed by atoms with Gasteiger partial charge < -0.3 is 20.4 Å². The van der Waals surface area contributed by atoms with Gasteiger partial charge in [-0.2, -0.15) is 0 Å². The number of nitrogens with one attached hydrogen (secondary N) is 3. The first-order chi connectivity index (χ1) is 17.2. The second-order valence-electron chi connectivity index (χ2n) is 9.34. The Morgan fingerprint density at radius 1 is 1.11 bits per heavy atom. The number of ether oxygens (including phenoxy) is 1. The first kappa shape index (κ1) is 25.0. The van der Waals surface area contributed by atoms with Gasteiger partial charge in [0.1, 0.15) is 0 Å². The summed E-state index contributed by atoms with van der Waals surface area (Å²) in [5, 5.41) is 7.60. The molecule has 1 saturated heterocycles. The van der Waals surface area contributed by atoms with E-state index in [9.17, 15) is 4.79 Å². The number of amides is 1. The minimum atomic E-state index is -0.196. The van der Waals surface area contributed by atoms with Crippen LogP contribution < -0.4 is 10.6 Å². The highest BCUT2D eigenvalue weighted by atomic mass is 16.5. The summed E-state index contributed by atoms with van der Waals surface area (Å²) in [6, 6.07) is 16.3. The van der Waals surface area contributed by atoms with Crippen LogP contribution in [0.1, 0.15) is 62.1 Å². The number of carbonyl (C=O) groups excluding carboxylic acids is 1. The van der Waals surface area contributed by atoms with E-state index < -0.39 is 0 Å². The molecule has 3 aromatic rings. The molecule has 0 saturated carbocycles. The molecular formula is C30H37N3O2. The van der Waals surface area contributed by atoms with Crippen LogP contribution in [0.4, 0.5) is 0 Å². The Morgan fingerprint density at radius 2 is 1.97 bits per heavy atom. The number of H-pyrrole nitrogens is 1. The third kappa shape index (κ3) is 7.45. The number of carbonyl (C=O) groups is 1. The Kier molecular flexibility index (Phi) is 9.39. The molecule has 4 rings (SSSR count). The highest BCUT2D eigenvalue weighted by molar-refractivity contribution is 5.84. The van der Waals surface area contributed by atoms with E-state index in [1.807, 2.05) is 18.3 Å². The lowest BCUT2D eigenvalue weighted by Gasteiger charge is -2.12. The third-order valence-corrected chi connectivity index (χ3v) is 6.60. The first-order valence-electron chi connectivity index (χ1n) is 13.0. The van der Waals surface area contributed by atoms with E-state index in [1.165, 1.54) is 36.6 Å². The summed E-state index contributed by atoms with van der Waals surface area (Å²) >= 11 is 0. The maximum atomic E-state index is 12.6. The fourth-order valence-corrected chi connectivity index (χ4v) is 4.52. The van der Waals surface area contributed by atoms with Crippen LogP contribution in [0.5, 0.6) is 0 Å². The molecule has 1 aromatic heterocycles. The topological polar surface area (TPSA) is 66.2 Å². The van der Waals surface area contributed by atoms with Gasteiger partial charge in [0.05, 0.1) is 18.8 Å². The molecule has 0 radical (unpaired) electrons. The van der Waals surface area contributed by atoms with E-state index in [2.05, 4.69) is 70.8 Å². The molecule has 35 heavy (non-hydrogen) atoms. The second-order valence-corrected chi connectivity index (χ2v) is 9.34. The molecule has 1 aliphatic heterocycles. The van der Waals surface area contributed by atoms with Gasteiger partial charge in [-0.25, -0.2) is 0 Å². The van der Waals surface area contributed by atoms with E-state index in [0.717, 1.165) is 29.5 Å². The number of hydrogen-bond acceptors (Lipinski definition) is 3. The lowest BCUT2D eigenvalue weighted by Crippen LogP contribution is -2.41. The Hall–Kier alpha value is -3.07. The quantitative estimate of drug-likeness (QED) is 0.269. The molecule has 2 atom stereocenters. The summed E-state index contributed by atoms with van der Waals surface area (Å²) < 4.78 is 6.07. The molecule has 5 nitrogen and oxygen atoms in total. The Labute approximate surface area is 209 Å². The van der Waals surface area contributed by atoms with Crippen molar-refractivity contribution >= 4 is 16.8 Å². The van der Waals surface area contributed by atoms with Gasteiger partial charge in [-0.05, 0) is 48.6 Å². The number of unbranched alkanes of at least 4 members (excludes halogenated alkanes) is 4. The van der Waals surface area contributed by atoms with Gasteiger partial charge in [-0.15, -0.1) is 0 Å². The van der Waals surface area contributed by atoms with Crippen LogP contribution in [0.25, 0.3) is 10.9 Å². The Balaban J connectivity index is 1.14. The van der Waals surface area contributed by atoms with Crippen LogP contribution in [0.3, 0.4) is 0 Å². The largest absolute Gasteiger partial charge is 0.372 e. The number of hydrogen-bond donors (Lipinski definition) is 3. The zero-order chi connectivity index (χ0) is 24.3. The monoisotopic (exact) mass is 471 g/mol. The molecule has 0 aliphatic carbocycles. The average molecular weight is 472 g/mol. The van der Waals surface area contributed by atoms with E-state index in [-0.39, 0.29) is 18.1 Å². The molecule has 0 bridgehead atoms. The van der Waals surface area contributed by atoms with Gasteiger partial charge in [-0.1, -0.05) is 68.4 Å². The van der Waals surface area contributed by atoms with Gasteiger partial charge in [0.15, 0.2) is 0 Å². The summed E-state index contributed by atoms with van der Waals surface area (Å²) in [6.07, 6.45) is 9.55. The van der Waals surface area contributed by atoms with Crippen molar-refractivity contribution in [3.8, 4) is 11.8 Å². The average Bonchev–Trinajstić information content (AvgIpc) is 3.53. The van der Waals surface area contributed by atoms with Gasteiger partial charge in [0.25, 0.3) is 0 Å². The summed E-state index contributed by atoms with van der Waals surface area (Å²) in [6.45, 7) is 4.09. The molecule has 1 amide bonds. The van der Waals surface area contributed by atoms with Gasteiger partial charge in [0, 0.05) is 42.2 Å². The Morgan fingerprint density at radius 3 is 2.83 bits per heavy atom. The third-order valence-electron chi connectivity index (χ3n) is 6.60. The maximum absolute atomic E-state index is 12.6. The zero-order valence-corrected chi connectivity index (χ0v) is 20.7. The molecule has 2 heterocycles. The fourth-order valence-electron chi connectivity index (χ4n) is 4.52. The van der Waals surface area contributed by atoms with Crippen LogP contribution in [-0.2, 0) is 22.6 Å². The number of aromatic nitrogens is 1. The molecule has 0 spiro atoms. The highest BCUT2D eigenvalue weighted by Gasteiger charge is 2.29. The number of benzene rings is 2. The van der Waals surface area contributed by atoms with E-state index in [0.29, 0.717) is 26.1 Å². The molecule has 5 heteroatoms.